The lowest BCUT2D eigenvalue weighted by atomic mass is 10.2. The van der Waals surface area contributed by atoms with Gasteiger partial charge in [-0.25, -0.2) is 8.78 Å². The van der Waals surface area contributed by atoms with E-state index in [0.29, 0.717) is 17.9 Å². The van der Waals surface area contributed by atoms with Gasteiger partial charge in [-0.2, -0.15) is 0 Å². The third kappa shape index (κ3) is 4.37. The van der Waals surface area contributed by atoms with Crippen molar-refractivity contribution in [3.05, 3.63) is 92.3 Å². The first-order valence-corrected chi connectivity index (χ1v) is 9.11. The zero-order valence-electron chi connectivity index (χ0n) is 13.6. The first-order valence-electron chi connectivity index (χ1n) is 7.74. The topological polar surface area (TPSA) is 31.2 Å². The van der Waals surface area contributed by atoms with Gasteiger partial charge in [0.2, 0.25) is 0 Å². The summed E-state index contributed by atoms with van der Waals surface area (Å²) < 4.78 is 33.6. The number of benzene rings is 2. The fourth-order valence-corrected chi connectivity index (χ4v) is 3.24. The summed E-state index contributed by atoms with van der Waals surface area (Å²) in [6, 6.07) is 13.0. The maximum Gasteiger partial charge on any atom is 0.268 e. The number of halogens is 3. The first-order chi connectivity index (χ1) is 12.4. The third-order valence-electron chi connectivity index (χ3n) is 3.75. The Morgan fingerprint density at radius 1 is 1.04 bits per heavy atom. The summed E-state index contributed by atoms with van der Waals surface area (Å²) in [4.78, 5) is 12.5. The Morgan fingerprint density at radius 2 is 1.85 bits per heavy atom. The standard InChI is InChI=1S/C19H15BrF2NO2P/c20-18-17(25-11-13-4-5-15(21)16(22)9-13)6-7-23(19(18)24)10-12-2-1-3-14(26)8-12/h1-9H,10-11,26H2. The molecule has 0 aliphatic rings. The van der Waals surface area contributed by atoms with E-state index in [0.717, 1.165) is 23.0 Å². The van der Waals surface area contributed by atoms with Gasteiger partial charge in [0.25, 0.3) is 5.56 Å². The fraction of sp³-hybridized carbons (Fsp3) is 0.105. The predicted molar refractivity (Wildman–Crippen MR) is 104 cm³/mol. The number of ether oxygens (including phenoxy) is 1. The van der Waals surface area contributed by atoms with Gasteiger partial charge in [-0.05, 0) is 50.6 Å². The molecular weight excluding hydrogens is 423 g/mol. The molecule has 1 atom stereocenters. The second kappa shape index (κ2) is 8.11. The monoisotopic (exact) mass is 437 g/mol. The summed E-state index contributed by atoms with van der Waals surface area (Å²) in [7, 11) is 2.62. The van der Waals surface area contributed by atoms with Gasteiger partial charge in [0.1, 0.15) is 16.8 Å². The summed E-state index contributed by atoms with van der Waals surface area (Å²) >= 11 is 3.26. The number of hydrogen-bond donors (Lipinski definition) is 0. The molecule has 0 amide bonds. The van der Waals surface area contributed by atoms with Crippen molar-refractivity contribution in [3.8, 4) is 5.75 Å². The third-order valence-corrected chi connectivity index (χ3v) is 4.84. The van der Waals surface area contributed by atoms with Gasteiger partial charge >= 0.3 is 0 Å². The Morgan fingerprint density at radius 3 is 2.58 bits per heavy atom. The lowest BCUT2D eigenvalue weighted by Crippen LogP contribution is -2.21. The van der Waals surface area contributed by atoms with Gasteiger partial charge in [-0.1, -0.05) is 30.3 Å². The Balaban J connectivity index is 1.76. The number of aromatic nitrogens is 1. The lowest BCUT2D eigenvalue weighted by molar-refractivity contribution is 0.301. The van der Waals surface area contributed by atoms with Gasteiger partial charge in [-0.15, -0.1) is 9.24 Å². The minimum atomic E-state index is -0.933. The van der Waals surface area contributed by atoms with Crippen LogP contribution >= 0.6 is 25.2 Å². The van der Waals surface area contributed by atoms with E-state index in [1.165, 1.54) is 6.07 Å². The summed E-state index contributed by atoms with van der Waals surface area (Å²) in [5.41, 5.74) is 1.24. The van der Waals surface area contributed by atoms with E-state index in [1.807, 2.05) is 24.3 Å². The molecular formula is C19H15BrF2NO2P. The van der Waals surface area contributed by atoms with E-state index in [2.05, 4.69) is 25.2 Å². The second-order valence-electron chi connectivity index (χ2n) is 5.71. The fourth-order valence-electron chi connectivity index (χ4n) is 2.44. The Kier molecular flexibility index (Phi) is 5.84. The summed E-state index contributed by atoms with van der Waals surface area (Å²) in [5.74, 6) is -1.50. The second-order valence-corrected chi connectivity index (χ2v) is 7.17. The molecule has 0 bridgehead atoms. The summed E-state index contributed by atoms with van der Waals surface area (Å²) in [5, 5.41) is 1.04. The molecule has 134 valence electrons. The molecule has 0 N–H and O–H groups in total. The summed E-state index contributed by atoms with van der Waals surface area (Å²) in [6.07, 6.45) is 1.64. The average molecular weight is 438 g/mol. The molecule has 3 rings (SSSR count). The van der Waals surface area contributed by atoms with Crippen LogP contribution in [0.1, 0.15) is 11.1 Å². The van der Waals surface area contributed by atoms with Crippen LogP contribution in [0.4, 0.5) is 8.78 Å². The van der Waals surface area contributed by atoms with Crippen molar-refractivity contribution >= 4 is 30.5 Å². The van der Waals surface area contributed by atoms with Crippen molar-refractivity contribution < 1.29 is 13.5 Å². The van der Waals surface area contributed by atoms with Crippen molar-refractivity contribution in [2.45, 2.75) is 13.2 Å². The largest absolute Gasteiger partial charge is 0.487 e. The van der Waals surface area contributed by atoms with Crippen LogP contribution in [-0.2, 0) is 13.2 Å². The molecule has 1 aromatic heterocycles. The van der Waals surface area contributed by atoms with Gasteiger partial charge < -0.3 is 9.30 Å². The number of rotatable bonds is 5. The van der Waals surface area contributed by atoms with E-state index >= 15 is 0 Å². The highest BCUT2D eigenvalue weighted by molar-refractivity contribution is 9.10. The van der Waals surface area contributed by atoms with Crippen molar-refractivity contribution in [1.29, 1.82) is 0 Å². The van der Waals surface area contributed by atoms with E-state index in [4.69, 9.17) is 4.74 Å². The molecule has 0 aliphatic carbocycles. The first kappa shape index (κ1) is 18.7. The minimum absolute atomic E-state index is 0.0222. The molecule has 1 unspecified atom stereocenters. The van der Waals surface area contributed by atoms with Gasteiger partial charge in [0.05, 0.1) is 6.54 Å². The molecule has 7 heteroatoms. The SMILES string of the molecule is O=c1c(Br)c(OCc2ccc(F)c(F)c2)ccn1Cc1cccc(P)c1. The van der Waals surface area contributed by atoms with Crippen LogP contribution in [0.25, 0.3) is 0 Å². The molecule has 0 saturated heterocycles. The highest BCUT2D eigenvalue weighted by Crippen LogP contribution is 2.22. The smallest absolute Gasteiger partial charge is 0.268 e. The highest BCUT2D eigenvalue weighted by atomic mass is 79.9. The van der Waals surface area contributed by atoms with Crippen molar-refractivity contribution in [2.24, 2.45) is 0 Å². The number of nitrogens with zero attached hydrogens (tertiary/aromatic N) is 1. The quantitative estimate of drug-likeness (QED) is 0.564. The molecule has 0 spiro atoms. The Labute approximate surface area is 160 Å². The Bertz CT molecular complexity index is 1010. The van der Waals surface area contributed by atoms with Crippen LogP contribution < -0.4 is 15.6 Å². The molecule has 1 heterocycles. The van der Waals surface area contributed by atoms with E-state index in [9.17, 15) is 13.6 Å². The molecule has 0 fully saturated rings. The molecule has 26 heavy (non-hydrogen) atoms. The van der Waals surface area contributed by atoms with Crippen molar-refractivity contribution in [1.82, 2.24) is 4.57 Å². The molecule has 2 aromatic carbocycles. The Hall–Kier alpha value is -2.04. The highest BCUT2D eigenvalue weighted by Gasteiger charge is 2.10. The van der Waals surface area contributed by atoms with Crippen LogP contribution in [0.15, 0.2) is 64.0 Å². The van der Waals surface area contributed by atoms with Gasteiger partial charge in [-0.3, -0.25) is 4.79 Å². The van der Waals surface area contributed by atoms with Crippen molar-refractivity contribution in [2.75, 3.05) is 0 Å². The normalized spacial score (nSPS) is 10.8. The van der Waals surface area contributed by atoms with Crippen LogP contribution in [0, 0.1) is 11.6 Å². The minimum Gasteiger partial charge on any atom is -0.487 e. The van der Waals surface area contributed by atoms with Crippen molar-refractivity contribution in [3.63, 3.8) is 0 Å². The maximum atomic E-state index is 13.2. The van der Waals surface area contributed by atoms with Crippen LogP contribution in [-0.4, -0.2) is 4.57 Å². The van der Waals surface area contributed by atoms with E-state index in [1.54, 1.807) is 16.8 Å². The van der Waals surface area contributed by atoms with Crippen LogP contribution in [0.5, 0.6) is 5.75 Å². The lowest BCUT2D eigenvalue weighted by Gasteiger charge is -2.12. The van der Waals surface area contributed by atoms with Gasteiger partial charge in [0, 0.05) is 6.20 Å². The summed E-state index contributed by atoms with van der Waals surface area (Å²) in [6.45, 7) is 0.456. The van der Waals surface area contributed by atoms with E-state index < -0.39 is 11.6 Å². The zero-order chi connectivity index (χ0) is 18.7. The zero-order valence-corrected chi connectivity index (χ0v) is 16.3. The van der Waals surface area contributed by atoms with E-state index in [-0.39, 0.29) is 16.6 Å². The predicted octanol–water partition coefficient (Wildman–Crippen LogP) is 4.02. The van der Waals surface area contributed by atoms with Crippen LogP contribution in [0.2, 0.25) is 0 Å². The van der Waals surface area contributed by atoms with Crippen LogP contribution in [0.3, 0.4) is 0 Å². The molecule has 0 saturated carbocycles. The number of pyridine rings is 1. The molecule has 0 radical (unpaired) electrons. The maximum absolute atomic E-state index is 13.2. The average Bonchev–Trinajstić information content (AvgIpc) is 2.61. The molecule has 0 aliphatic heterocycles. The number of hydrogen-bond acceptors (Lipinski definition) is 2. The molecule has 3 aromatic rings. The van der Waals surface area contributed by atoms with Gasteiger partial charge in [0.15, 0.2) is 11.6 Å². The molecule has 3 nitrogen and oxygen atoms in total.